The lowest BCUT2D eigenvalue weighted by Crippen LogP contribution is -2.36. The van der Waals surface area contributed by atoms with Crippen molar-refractivity contribution in [1.29, 1.82) is 0 Å². The Labute approximate surface area is 153 Å². The molecule has 140 valence electrons. The number of rotatable bonds is 7. The Hall–Kier alpha value is -0.930. The normalized spacial score (nSPS) is 25.4. The van der Waals surface area contributed by atoms with Gasteiger partial charge in [0.05, 0.1) is 0 Å². The average molecular weight is 347 g/mol. The molecule has 2 fully saturated rings. The van der Waals surface area contributed by atoms with Gasteiger partial charge in [-0.1, -0.05) is 31.4 Å². The Morgan fingerprint density at radius 1 is 0.800 bits per heavy atom. The highest BCUT2D eigenvalue weighted by Gasteiger charge is 2.24. The largest absolute Gasteiger partial charge is 0.330 e. The van der Waals surface area contributed by atoms with E-state index in [2.05, 4.69) is 4.90 Å². The van der Waals surface area contributed by atoms with Crippen LogP contribution in [0.2, 0.25) is 0 Å². The molecule has 0 aromatic heterocycles. The first kappa shape index (κ1) is 18.8. The van der Waals surface area contributed by atoms with Gasteiger partial charge in [0, 0.05) is 19.6 Å². The third-order valence-corrected chi connectivity index (χ3v) is 6.38. The molecule has 2 aliphatic carbocycles. The highest BCUT2D eigenvalue weighted by Crippen LogP contribution is 2.30. The Bertz CT molecular complexity index is 487. The van der Waals surface area contributed by atoms with Crippen molar-refractivity contribution in [3.63, 3.8) is 0 Å². The molecule has 2 saturated carbocycles. The number of nitrogens with two attached hydrogens (primary N) is 1. The SMILES string of the molecule is NCC1CCC(CN(Cc2ccc(F)cc2)CC2CCCCC2)CC1. The predicted molar refractivity (Wildman–Crippen MR) is 103 cm³/mol. The van der Waals surface area contributed by atoms with Crippen molar-refractivity contribution in [2.75, 3.05) is 19.6 Å². The quantitative estimate of drug-likeness (QED) is 0.755. The maximum Gasteiger partial charge on any atom is 0.123 e. The van der Waals surface area contributed by atoms with Gasteiger partial charge in [-0.2, -0.15) is 0 Å². The van der Waals surface area contributed by atoms with Gasteiger partial charge in [-0.15, -0.1) is 0 Å². The van der Waals surface area contributed by atoms with Gasteiger partial charge in [-0.25, -0.2) is 4.39 Å². The standard InChI is InChI=1S/C22H35FN2/c23-22-12-10-21(11-13-22)17-25(15-19-4-2-1-3-5-19)16-20-8-6-18(14-24)7-9-20/h10-13,18-20H,1-9,14-17,24H2. The van der Waals surface area contributed by atoms with Crippen LogP contribution >= 0.6 is 0 Å². The van der Waals surface area contributed by atoms with E-state index >= 15 is 0 Å². The van der Waals surface area contributed by atoms with Crippen LogP contribution in [0.4, 0.5) is 4.39 Å². The fourth-order valence-electron chi connectivity index (χ4n) is 4.80. The van der Waals surface area contributed by atoms with E-state index in [1.54, 1.807) is 12.1 Å². The van der Waals surface area contributed by atoms with Gasteiger partial charge in [-0.05, 0) is 80.5 Å². The molecule has 0 atom stereocenters. The molecule has 1 aromatic rings. The molecular formula is C22H35FN2. The predicted octanol–water partition coefficient (Wildman–Crippen LogP) is 4.97. The summed E-state index contributed by atoms with van der Waals surface area (Å²) in [7, 11) is 0. The van der Waals surface area contributed by atoms with Crippen LogP contribution in [0.15, 0.2) is 24.3 Å². The molecule has 1 aromatic carbocycles. The van der Waals surface area contributed by atoms with Crippen LogP contribution in [0.5, 0.6) is 0 Å². The van der Waals surface area contributed by atoms with Crippen LogP contribution in [-0.2, 0) is 6.54 Å². The third kappa shape index (κ3) is 6.07. The fraction of sp³-hybridized carbons (Fsp3) is 0.727. The van der Waals surface area contributed by atoms with Gasteiger partial charge in [0.15, 0.2) is 0 Å². The average Bonchev–Trinajstić information content (AvgIpc) is 2.65. The summed E-state index contributed by atoms with van der Waals surface area (Å²) in [6.07, 6.45) is 12.2. The van der Waals surface area contributed by atoms with E-state index in [9.17, 15) is 4.39 Å². The summed E-state index contributed by atoms with van der Waals surface area (Å²) >= 11 is 0. The Morgan fingerprint density at radius 2 is 1.36 bits per heavy atom. The maximum atomic E-state index is 13.2. The van der Waals surface area contributed by atoms with Crippen molar-refractivity contribution in [1.82, 2.24) is 4.90 Å². The third-order valence-electron chi connectivity index (χ3n) is 6.38. The summed E-state index contributed by atoms with van der Waals surface area (Å²) in [6, 6.07) is 7.10. The van der Waals surface area contributed by atoms with Crippen molar-refractivity contribution in [3.8, 4) is 0 Å². The molecule has 25 heavy (non-hydrogen) atoms. The molecule has 0 saturated heterocycles. The lowest BCUT2D eigenvalue weighted by Gasteiger charge is -2.35. The zero-order valence-electron chi connectivity index (χ0n) is 15.6. The first-order chi connectivity index (χ1) is 12.2. The summed E-state index contributed by atoms with van der Waals surface area (Å²) in [5.41, 5.74) is 7.09. The summed E-state index contributed by atoms with van der Waals surface area (Å²) in [4.78, 5) is 2.66. The number of benzene rings is 1. The Balaban J connectivity index is 1.58. The highest BCUT2D eigenvalue weighted by molar-refractivity contribution is 5.15. The van der Waals surface area contributed by atoms with Crippen LogP contribution in [0.1, 0.15) is 63.4 Å². The van der Waals surface area contributed by atoms with Crippen molar-refractivity contribution in [2.24, 2.45) is 23.5 Å². The van der Waals surface area contributed by atoms with E-state index < -0.39 is 0 Å². The summed E-state index contributed by atoms with van der Waals surface area (Å²) in [5.74, 6) is 2.28. The number of halogens is 1. The molecule has 0 heterocycles. The van der Waals surface area contributed by atoms with Gasteiger partial charge in [0.25, 0.3) is 0 Å². The molecule has 2 N–H and O–H groups in total. The molecule has 0 spiro atoms. The van der Waals surface area contributed by atoms with Crippen molar-refractivity contribution in [2.45, 2.75) is 64.3 Å². The van der Waals surface area contributed by atoms with Crippen LogP contribution < -0.4 is 5.73 Å². The number of hydrogen-bond acceptors (Lipinski definition) is 2. The molecule has 0 unspecified atom stereocenters. The van der Waals surface area contributed by atoms with Crippen LogP contribution in [0, 0.1) is 23.6 Å². The zero-order valence-corrected chi connectivity index (χ0v) is 15.6. The minimum Gasteiger partial charge on any atom is -0.330 e. The van der Waals surface area contributed by atoms with Crippen molar-refractivity contribution in [3.05, 3.63) is 35.6 Å². The Kier molecular flexibility index (Phi) is 7.30. The molecule has 0 amide bonds. The lowest BCUT2D eigenvalue weighted by atomic mass is 9.81. The summed E-state index contributed by atoms with van der Waals surface area (Å²) < 4.78 is 13.2. The van der Waals surface area contributed by atoms with Gasteiger partial charge >= 0.3 is 0 Å². The van der Waals surface area contributed by atoms with Crippen LogP contribution in [0.3, 0.4) is 0 Å². The summed E-state index contributed by atoms with van der Waals surface area (Å²) in [5, 5.41) is 0. The first-order valence-corrected chi connectivity index (χ1v) is 10.4. The minimum absolute atomic E-state index is 0.136. The lowest BCUT2D eigenvalue weighted by molar-refractivity contribution is 0.143. The molecule has 2 aliphatic rings. The highest BCUT2D eigenvalue weighted by atomic mass is 19.1. The Morgan fingerprint density at radius 3 is 1.96 bits per heavy atom. The molecular weight excluding hydrogens is 311 g/mol. The smallest absolute Gasteiger partial charge is 0.123 e. The number of hydrogen-bond donors (Lipinski definition) is 1. The second-order valence-corrected chi connectivity index (χ2v) is 8.45. The second-order valence-electron chi connectivity index (χ2n) is 8.45. The van der Waals surface area contributed by atoms with E-state index in [0.717, 1.165) is 30.8 Å². The number of nitrogens with zero attached hydrogens (tertiary/aromatic N) is 1. The van der Waals surface area contributed by atoms with Crippen LogP contribution in [-0.4, -0.2) is 24.5 Å². The van der Waals surface area contributed by atoms with E-state index in [1.165, 1.54) is 76.4 Å². The fourth-order valence-corrected chi connectivity index (χ4v) is 4.80. The van der Waals surface area contributed by atoms with Gasteiger partial charge in [0.2, 0.25) is 0 Å². The van der Waals surface area contributed by atoms with E-state index in [-0.39, 0.29) is 5.82 Å². The monoisotopic (exact) mass is 346 g/mol. The minimum atomic E-state index is -0.136. The molecule has 2 nitrogen and oxygen atoms in total. The molecule has 3 heteroatoms. The maximum absolute atomic E-state index is 13.2. The molecule has 0 aliphatic heterocycles. The summed E-state index contributed by atoms with van der Waals surface area (Å²) in [6.45, 7) is 4.24. The molecule has 3 rings (SSSR count). The van der Waals surface area contributed by atoms with Crippen molar-refractivity contribution >= 4 is 0 Å². The van der Waals surface area contributed by atoms with E-state index in [1.807, 2.05) is 12.1 Å². The van der Waals surface area contributed by atoms with E-state index in [0.29, 0.717) is 0 Å². The van der Waals surface area contributed by atoms with Crippen molar-refractivity contribution < 1.29 is 4.39 Å². The topological polar surface area (TPSA) is 29.3 Å². The molecule has 0 radical (unpaired) electrons. The molecule has 0 bridgehead atoms. The second kappa shape index (κ2) is 9.68. The first-order valence-electron chi connectivity index (χ1n) is 10.4. The van der Waals surface area contributed by atoms with E-state index in [4.69, 9.17) is 5.73 Å². The zero-order chi connectivity index (χ0) is 17.5. The van der Waals surface area contributed by atoms with Crippen LogP contribution in [0.25, 0.3) is 0 Å². The van der Waals surface area contributed by atoms with Gasteiger partial charge in [0.1, 0.15) is 5.82 Å². The van der Waals surface area contributed by atoms with Gasteiger partial charge in [-0.3, -0.25) is 4.90 Å². The van der Waals surface area contributed by atoms with Gasteiger partial charge < -0.3 is 5.73 Å².